The van der Waals surface area contributed by atoms with Crippen molar-refractivity contribution in [1.82, 2.24) is 10.2 Å². The Morgan fingerprint density at radius 2 is 2.00 bits per heavy atom. The molecule has 1 aliphatic rings. The quantitative estimate of drug-likeness (QED) is 0.664. The molecule has 1 rings (SSSR count). The van der Waals surface area contributed by atoms with Crippen molar-refractivity contribution >= 4 is 0 Å². The van der Waals surface area contributed by atoms with Gasteiger partial charge in [0.25, 0.3) is 0 Å². The van der Waals surface area contributed by atoms with Crippen molar-refractivity contribution in [2.24, 2.45) is 5.92 Å². The summed E-state index contributed by atoms with van der Waals surface area (Å²) < 4.78 is 0. The maximum Gasteiger partial charge on any atom is 0.0610 e. The molecule has 0 aromatic carbocycles. The zero-order chi connectivity index (χ0) is 13.4. The van der Waals surface area contributed by atoms with E-state index in [1.807, 2.05) is 0 Å². The highest BCUT2D eigenvalue weighted by molar-refractivity contribution is 4.82. The summed E-state index contributed by atoms with van der Waals surface area (Å²) in [4.78, 5) is 2.47. The van der Waals surface area contributed by atoms with Gasteiger partial charge in [0.15, 0.2) is 0 Å². The summed E-state index contributed by atoms with van der Waals surface area (Å²) in [5, 5.41) is 12.8. The van der Waals surface area contributed by atoms with Gasteiger partial charge in [-0.15, -0.1) is 0 Å². The molecule has 0 spiro atoms. The van der Waals surface area contributed by atoms with Crippen molar-refractivity contribution in [2.45, 2.75) is 57.9 Å². The minimum atomic E-state index is -0.0943. The van der Waals surface area contributed by atoms with E-state index in [0.717, 1.165) is 31.8 Å². The molecule has 0 aliphatic heterocycles. The lowest BCUT2D eigenvalue weighted by Gasteiger charge is -2.29. The summed E-state index contributed by atoms with van der Waals surface area (Å²) in [6, 6.07) is 0. The first kappa shape index (κ1) is 15.9. The van der Waals surface area contributed by atoms with E-state index < -0.39 is 0 Å². The fraction of sp³-hybridized carbons (Fsp3) is 1.00. The van der Waals surface area contributed by atoms with E-state index in [9.17, 15) is 5.11 Å². The highest BCUT2D eigenvalue weighted by Crippen LogP contribution is 2.25. The molecule has 0 amide bonds. The lowest BCUT2D eigenvalue weighted by molar-refractivity contribution is 0.159. The van der Waals surface area contributed by atoms with Crippen molar-refractivity contribution in [3.05, 3.63) is 0 Å². The Kier molecular flexibility index (Phi) is 7.20. The van der Waals surface area contributed by atoms with E-state index in [1.54, 1.807) is 0 Å². The van der Waals surface area contributed by atoms with Crippen LogP contribution < -0.4 is 5.32 Å². The molecule has 1 saturated carbocycles. The zero-order valence-corrected chi connectivity index (χ0v) is 12.5. The zero-order valence-electron chi connectivity index (χ0n) is 12.5. The summed E-state index contributed by atoms with van der Waals surface area (Å²) in [6.45, 7) is 7.78. The van der Waals surface area contributed by atoms with Gasteiger partial charge in [-0.2, -0.15) is 0 Å². The number of aliphatic hydroxyl groups is 1. The first-order valence-electron chi connectivity index (χ1n) is 7.64. The van der Waals surface area contributed by atoms with Crippen LogP contribution in [0.15, 0.2) is 0 Å². The average molecular weight is 256 g/mol. The summed E-state index contributed by atoms with van der Waals surface area (Å²) in [5.74, 6) is 0.938. The van der Waals surface area contributed by atoms with Crippen molar-refractivity contribution in [1.29, 1.82) is 0 Å². The van der Waals surface area contributed by atoms with Crippen LogP contribution in [0.5, 0.6) is 0 Å². The molecule has 0 heterocycles. The van der Waals surface area contributed by atoms with E-state index >= 15 is 0 Å². The Morgan fingerprint density at radius 3 is 2.56 bits per heavy atom. The molecule has 3 nitrogen and oxygen atoms in total. The van der Waals surface area contributed by atoms with Crippen molar-refractivity contribution in [3.8, 4) is 0 Å². The second-order valence-corrected chi connectivity index (χ2v) is 6.27. The first-order valence-corrected chi connectivity index (χ1v) is 7.64. The predicted molar refractivity (Wildman–Crippen MR) is 77.9 cm³/mol. The van der Waals surface area contributed by atoms with Crippen LogP contribution in [0.2, 0.25) is 0 Å². The second kappa shape index (κ2) is 8.13. The SMILES string of the molecule is CCNC(C)(CO)CCCN(C)CC1CCCC1. The number of hydrogen-bond donors (Lipinski definition) is 2. The van der Waals surface area contributed by atoms with Gasteiger partial charge in [0, 0.05) is 12.1 Å². The van der Waals surface area contributed by atoms with Crippen LogP contribution >= 0.6 is 0 Å². The minimum Gasteiger partial charge on any atom is -0.394 e. The summed E-state index contributed by atoms with van der Waals surface area (Å²) >= 11 is 0. The fourth-order valence-corrected chi connectivity index (χ4v) is 3.11. The lowest BCUT2D eigenvalue weighted by Crippen LogP contribution is -2.46. The van der Waals surface area contributed by atoms with E-state index in [0.29, 0.717) is 0 Å². The van der Waals surface area contributed by atoms with Gasteiger partial charge in [-0.05, 0) is 58.7 Å². The molecule has 1 atom stereocenters. The maximum absolute atomic E-state index is 9.44. The van der Waals surface area contributed by atoms with Gasteiger partial charge >= 0.3 is 0 Å². The standard InChI is InChI=1S/C15H32N2O/c1-4-16-15(2,13-18)10-7-11-17(3)12-14-8-5-6-9-14/h14,16,18H,4-13H2,1-3H3. The molecule has 3 heteroatoms. The highest BCUT2D eigenvalue weighted by atomic mass is 16.3. The van der Waals surface area contributed by atoms with Crippen molar-refractivity contribution < 1.29 is 5.11 Å². The van der Waals surface area contributed by atoms with E-state index in [-0.39, 0.29) is 12.1 Å². The third-order valence-electron chi connectivity index (χ3n) is 4.27. The molecule has 0 radical (unpaired) electrons. The number of nitrogens with zero attached hydrogens (tertiary/aromatic N) is 1. The summed E-state index contributed by atoms with van der Waals surface area (Å²) in [5.41, 5.74) is -0.0943. The minimum absolute atomic E-state index is 0.0943. The van der Waals surface area contributed by atoms with Gasteiger partial charge in [-0.25, -0.2) is 0 Å². The molecule has 0 bridgehead atoms. The number of nitrogens with one attached hydrogen (secondary N) is 1. The van der Waals surface area contributed by atoms with Gasteiger partial charge in [-0.3, -0.25) is 0 Å². The number of aliphatic hydroxyl groups excluding tert-OH is 1. The molecular weight excluding hydrogens is 224 g/mol. The molecule has 0 aromatic rings. The van der Waals surface area contributed by atoms with Crippen LogP contribution in [-0.4, -0.2) is 48.8 Å². The third-order valence-corrected chi connectivity index (χ3v) is 4.27. The second-order valence-electron chi connectivity index (χ2n) is 6.27. The van der Waals surface area contributed by atoms with Gasteiger partial charge in [-0.1, -0.05) is 19.8 Å². The Labute approximate surface area is 113 Å². The Morgan fingerprint density at radius 1 is 1.33 bits per heavy atom. The van der Waals surface area contributed by atoms with Gasteiger partial charge in [0.1, 0.15) is 0 Å². The summed E-state index contributed by atoms with van der Waals surface area (Å²) in [6.07, 6.45) is 7.93. The van der Waals surface area contributed by atoms with Crippen LogP contribution in [0.25, 0.3) is 0 Å². The molecule has 1 unspecified atom stereocenters. The van der Waals surface area contributed by atoms with Crippen LogP contribution in [0.4, 0.5) is 0 Å². The molecule has 1 aliphatic carbocycles. The van der Waals surface area contributed by atoms with Crippen LogP contribution in [0, 0.1) is 5.92 Å². The smallest absolute Gasteiger partial charge is 0.0610 e. The van der Waals surface area contributed by atoms with Gasteiger partial charge < -0.3 is 15.3 Å². The average Bonchev–Trinajstić information content (AvgIpc) is 2.82. The normalized spacial score (nSPS) is 20.5. The number of hydrogen-bond acceptors (Lipinski definition) is 3. The lowest BCUT2D eigenvalue weighted by atomic mass is 9.96. The van der Waals surface area contributed by atoms with Crippen LogP contribution in [0.3, 0.4) is 0 Å². The number of rotatable bonds is 9. The van der Waals surface area contributed by atoms with Gasteiger partial charge in [0.05, 0.1) is 6.61 Å². The van der Waals surface area contributed by atoms with Crippen LogP contribution in [0.1, 0.15) is 52.4 Å². The van der Waals surface area contributed by atoms with Crippen molar-refractivity contribution in [2.75, 3.05) is 33.3 Å². The molecule has 0 saturated heterocycles. The largest absolute Gasteiger partial charge is 0.394 e. The molecule has 2 N–H and O–H groups in total. The van der Waals surface area contributed by atoms with E-state index in [4.69, 9.17) is 0 Å². The summed E-state index contributed by atoms with van der Waals surface area (Å²) in [7, 11) is 2.24. The van der Waals surface area contributed by atoms with Crippen molar-refractivity contribution in [3.63, 3.8) is 0 Å². The van der Waals surface area contributed by atoms with E-state index in [1.165, 1.54) is 32.2 Å². The van der Waals surface area contributed by atoms with E-state index in [2.05, 4.69) is 31.1 Å². The first-order chi connectivity index (χ1) is 8.59. The fourth-order valence-electron chi connectivity index (χ4n) is 3.11. The molecule has 1 fully saturated rings. The Hall–Kier alpha value is -0.120. The molecule has 18 heavy (non-hydrogen) atoms. The number of likely N-dealkylation sites (N-methyl/N-ethyl adjacent to an activating group) is 1. The maximum atomic E-state index is 9.44. The van der Waals surface area contributed by atoms with Crippen LogP contribution in [-0.2, 0) is 0 Å². The molecule has 0 aromatic heterocycles. The monoisotopic (exact) mass is 256 g/mol. The molecular formula is C15H32N2O. The topological polar surface area (TPSA) is 35.5 Å². The Bertz CT molecular complexity index is 217. The third kappa shape index (κ3) is 5.68. The predicted octanol–water partition coefficient (Wildman–Crippen LogP) is 2.25. The Balaban J connectivity index is 2.15. The molecule has 108 valence electrons. The highest BCUT2D eigenvalue weighted by Gasteiger charge is 2.22. The van der Waals surface area contributed by atoms with Gasteiger partial charge in [0.2, 0.25) is 0 Å².